The highest BCUT2D eigenvalue weighted by atomic mass is 35.5. The third-order valence-electron chi connectivity index (χ3n) is 3.29. The van der Waals surface area contributed by atoms with Crippen LogP contribution in [-0.4, -0.2) is 19.0 Å². The first-order chi connectivity index (χ1) is 8.08. The average molecular weight is 253 g/mol. The Bertz CT molecular complexity index is 433. The van der Waals surface area contributed by atoms with E-state index in [9.17, 15) is 4.79 Å². The molecule has 1 fully saturated rings. The van der Waals surface area contributed by atoms with E-state index in [4.69, 9.17) is 11.6 Å². The maximum absolute atomic E-state index is 12.0. The van der Waals surface area contributed by atoms with Crippen molar-refractivity contribution >= 4 is 23.2 Å². The molecule has 0 spiro atoms. The highest BCUT2D eigenvalue weighted by molar-refractivity contribution is 6.31. The molecular formula is C13H17ClN2O. The number of benzene rings is 1. The minimum Gasteiger partial charge on any atom is -0.326 e. The van der Waals surface area contributed by atoms with Crippen molar-refractivity contribution in [1.29, 1.82) is 0 Å². The molecule has 2 N–H and O–H groups in total. The molecule has 92 valence electrons. The Morgan fingerprint density at radius 3 is 2.82 bits per heavy atom. The first kappa shape index (κ1) is 12.4. The van der Waals surface area contributed by atoms with Crippen molar-refractivity contribution in [2.24, 2.45) is 11.8 Å². The molecule has 1 aliphatic heterocycles. The first-order valence-corrected chi connectivity index (χ1v) is 6.23. The molecule has 1 aliphatic rings. The largest absolute Gasteiger partial charge is 0.326 e. The number of halogens is 1. The van der Waals surface area contributed by atoms with Gasteiger partial charge in [0.2, 0.25) is 5.91 Å². The molecule has 0 aliphatic carbocycles. The summed E-state index contributed by atoms with van der Waals surface area (Å²) in [5.74, 6) is 0.508. The molecule has 4 heteroatoms. The summed E-state index contributed by atoms with van der Waals surface area (Å²) in [6.07, 6.45) is 0. The fourth-order valence-electron chi connectivity index (χ4n) is 2.07. The Balaban J connectivity index is 2.05. The fraction of sp³-hybridized carbons (Fsp3) is 0.462. The van der Waals surface area contributed by atoms with E-state index in [-0.39, 0.29) is 11.8 Å². The highest BCUT2D eigenvalue weighted by Gasteiger charge is 2.29. The highest BCUT2D eigenvalue weighted by Crippen LogP contribution is 2.22. The summed E-state index contributed by atoms with van der Waals surface area (Å²) < 4.78 is 0. The van der Waals surface area contributed by atoms with Gasteiger partial charge in [0.05, 0.1) is 5.92 Å². The van der Waals surface area contributed by atoms with Gasteiger partial charge in [-0.05, 0) is 37.1 Å². The second kappa shape index (κ2) is 5.07. The zero-order valence-corrected chi connectivity index (χ0v) is 10.8. The van der Waals surface area contributed by atoms with Crippen LogP contribution in [0.2, 0.25) is 5.02 Å². The monoisotopic (exact) mass is 252 g/mol. The topological polar surface area (TPSA) is 41.1 Å². The molecule has 0 bridgehead atoms. The molecule has 1 amide bonds. The Morgan fingerprint density at radius 1 is 1.47 bits per heavy atom. The van der Waals surface area contributed by atoms with Crippen LogP contribution in [0.25, 0.3) is 0 Å². The van der Waals surface area contributed by atoms with Crippen molar-refractivity contribution in [1.82, 2.24) is 5.32 Å². The van der Waals surface area contributed by atoms with Crippen LogP contribution in [0.5, 0.6) is 0 Å². The Morgan fingerprint density at radius 2 is 2.24 bits per heavy atom. The normalized spacial score (nSPS) is 23.7. The number of hydrogen-bond donors (Lipinski definition) is 2. The summed E-state index contributed by atoms with van der Waals surface area (Å²) in [6, 6.07) is 5.59. The van der Waals surface area contributed by atoms with Crippen LogP contribution in [0.4, 0.5) is 5.69 Å². The maximum Gasteiger partial charge on any atom is 0.229 e. The van der Waals surface area contributed by atoms with Gasteiger partial charge in [-0.1, -0.05) is 24.6 Å². The van der Waals surface area contributed by atoms with Crippen LogP contribution in [0.3, 0.4) is 0 Å². The van der Waals surface area contributed by atoms with E-state index in [1.165, 1.54) is 0 Å². The lowest BCUT2D eigenvalue weighted by Gasteiger charge is -2.14. The number of carbonyl (C=O) groups is 1. The molecular weight excluding hydrogens is 236 g/mol. The molecule has 1 saturated heterocycles. The summed E-state index contributed by atoms with van der Waals surface area (Å²) in [5, 5.41) is 6.82. The lowest BCUT2D eigenvalue weighted by atomic mass is 9.97. The van der Waals surface area contributed by atoms with E-state index in [0.29, 0.717) is 10.9 Å². The van der Waals surface area contributed by atoms with Gasteiger partial charge in [0.1, 0.15) is 0 Å². The first-order valence-electron chi connectivity index (χ1n) is 5.85. The second-order valence-electron chi connectivity index (χ2n) is 4.70. The van der Waals surface area contributed by atoms with Crippen LogP contribution >= 0.6 is 11.6 Å². The summed E-state index contributed by atoms with van der Waals surface area (Å²) in [5.41, 5.74) is 1.78. The molecule has 2 atom stereocenters. The Kier molecular flexibility index (Phi) is 3.69. The molecule has 0 saturated carbocycles. The lowest BCUT2D eigenvalue weighted by molar-refractivity contribution is -0.120. The summed E-state index contributed by atoms with van der Waals surface area (Å²) in [4.78, 5) is 12.0. The summed E-state index contributed by atoms with van der Waals surface area (Å²) in [6.45, 7) is 5.70. The number of anilines is 1. The van der Waals surface area contributed by atoms with Gasteiger partial charge in [0, 0.05) is 17.3 Å². The number of aryl methyl sites for hydroxylation is 1. The molecule has 1 aromatic carbocycles. The van der Waals surface area contributed by atoms with Crippen LogP contribution in [-0.2, 0) is 4.79 Å². The Labute approximate surface area is 107 Å². The van der Waals surface area contributed by atoms with E-state index in [2.05, 4.69) is 17.6 Å². The number of carbonyl (C=O) groups excluding carboxylic acids is 1. The Hall–Kier alpha value is -1.06. The van der Waals surface area contributed by atoms with Gasteiger partial charge >= 0.3 is 0 Å². The van der Waals surface area contributed by atoms with Gasteiger partial charge in [0.25, 0.3) is 0 Å². The van der Waals surface area contributed by atoms with Gasteiger partial charge in [-0.25, -0.2) is 0 Å². The van der Waals surface area contributed by atoms with Gasteiger partial charge in [-0.2, -0.15) is 0 Å². The SMILES string of the molecule is Cc1ccc(NC(=O)C2CNCC2C)cc1Cl. The van der Waals surface area contributed by atoms with E-state index in [0.717, 1.165) is 24.3 Å². The van der Waals surface area contributed by atoms with E-state index >= 15 is 0 Å². The van der Waals surface area contributed by atoms with Crippen LogP contribution in [0, 0.1) is 18.8 Å². The molecule has 0 radical (unpaired) electrons. The maximum atomic E-state index is 12.0. The van der Waals surface area contributed by atoms with E-state index in [1.807, 2.05) is 19.1 Å². The standard InChI is InChI=1S/C13H17ClN2O/c1-8-3-4-10(5-12(8)14)16-13(17)11-7-15-6-9(11)2/h3-5,9,11,15H,6-7H2,1-2H3,(H,16,17). The van der Waals surface area contributed by atoms with Crippen LogP contribution < -0.4 is 10.6 Å². The third-order valence-corrected chi connectivity index (χ3v) is 3.70. The van der Waals surface area contributed by atoms with Gasteiger partial charge in [0.15, 0.2) is 0 Å². The zero-order valence-electron chi connectivity index (χ0n) is 10.1. The minimum atomic E-state index is 0.0510. The molecule has 17 heavy (non-hydrogen) atoms. The summed E-state index contributed by atoms with van der Waals surface area (Å²) in [7, 11) is 0. The third kappa shape index (κ3) is 2.79. The van der Waals surface area contributed by atoms with Crippen molar-refractivity contribution in [3.63, 3.8) is 0 Å². The molecule has 0 aromatic heterocycles. The average Bonchev–Trinajstić information content (AvgIpc) is 2.70. The minimum absolute atomic E-state index is 0.0510. The van der Waals surface area contributed by atoms with Crippen LogP contribution in [0.15, 0.2) is 18.2 Å². The fourth-order valence-corrected chi connectivity index (χ4v) is 2.25. The van der Waals surface area contributed by atoms with Crippen LogP contribution in [0.1, 0.15) is 12.5 Å². The predicted octanol–water partition coefficient (Wildman–Crippen LogP) is 2.44. The van der Waals surface area contributed by atoms with Gasteiger partial charge in [-0.15, -0.1) is 0 Å². The zero-order chi connectivity index (χ0) is 12.4. The quantitative estimate of drug-likeness (QED) is 0.849. The van der Waals surface area contributed by atoms with Crippen molar-refractivity contribution in [2.75, 3.05) is 18.4 Å². The van der Waals surface area contributed by atoms with Crippen molar-refractivity contribution in [3.05, 3.63) is 28.8 Å². The molecule has 3 nitrogen and oxygen atoms in total. The number of rotatable bonds is 2. The van der Waals surface area contributed by atoms with E-state index in [1.54, 1.807) is 6.07 Å². The molecule has 1 aromatic rings. The second-order valence-corrected chi connectivity index (χ2v) is 5.10. The summed E-state index contributed by atoms with van der Waals surface area (Å²) >= 11 is 6.02. The van der Waals surface area contributed by atoms with Crippen molar-refractivity contribution < 1.29 is 4.79 Å². The molecule has 1 heterocycles. The van der Waals surface area contributed by atoms with Crippen molar-refractivity contribution in [3.8, 4) is 0 Å². The number of amides is 1. The van der Waals surface area contributed by atoms with Gasteiger partial charge < -0.3 is 10.6 Å². The predicted molar refractivity (Wildman–Crippen MR) is 70.3 cm³/mol. The van der Waals surface area contributed by atoms with Gasteiger partial charge in [-0.3, -0.25) is 4.79 Å². The molecule has 2 rings (SSSR count). The van der Waals surface area contributed by atoms with Crippen molar-refractivity contribution in [2.45, 2.75) is 13.8 Å². The number of hydrogen-bond acceptors (Lipinski definition) is 2. The smallest absolute Gasteiger partial charge is 0.229 e. The molecule has 2 unspecified atom stereocenters. The lowest BCUT2D eigenvalue weighted by Crippen LogP contribution is -2.27. The number of nitrogens with one attached hydrogen (secondary N) is 2. The van der Waals surface area contributed by atoms with E-state index < -0.39 is 0 Å².